The fourth-order valence-electron chi connectivity index (χ4n) is 1.03. The fourth-order valence-corrected chi connectivity index (χ4v) is 1.87. The Labute approximate surface area is 95.1 Å². The van der Waals surface area contributed by atoms with Crippen LogP contribution in [0.4, 0.5) is 0 Å². The van der Waals surface area contributed by atoms with Gasteiger partial charge in [-0.1, -0.05) is 0 Å². The molecule has 0 aliphatic rings. The lowest BCUT2D eigenvalue weighted by molar-refractivity contribution is 0.101. The van der Waals surface area contributed by atoms with Crippen molar-refractivity contribution in [1.82, 2.24) is 0 Å². The standard InChI is InChI=1S/C10H5IN2O/c1-6(14)9-2-7(4-12)8(5-13)3-10(9)11/h2-3H,1H3. The van der Waals surface area contributed by atoms with E-state index in [0.717, 1.165) is 0 Å². The third-order valence-corrected chi connectivity index (χ3v) is 2.62. The third kappa shape index (κ3) is 1.91. The molecule has 0 radical (unpaired) electrons. The number of Topliss-reactive ketones (excluding diaryl/α,β-unsaturated/α-hetero) is 1. The first-order chi connectivity index (χ1) is 6.60. The number of carbonyl (C=O) groups excluding carboxylic acids is 1. The Morgan fingerprint density at radius 3 is 2.21 bits per heavy atom. The Hall–Kier alpha value is -1.40. The van der Waals surface area contributed by atoms with Gasteiger partial charge < -0.3 is 0 Å². The van der Waals surface area contributed by atoms with Crippen LogP contribution in [-0.2, 0) is 0 Å². The van der Waals surface area contributed by atoms with E-state index in [1.54, 1.807) is 6.07 Å². The normalized spacial score (nSPS) is 8.86. The van der Waals surface area contributed by atoms with Crippen molar-refractivity contribution in [3.8, 4) is 12.1 Å². The molecule has 0 bridgehead atoms. The molecular weight excluding hydrogens is 291 g/mol. The average molecular weight is 296 g/mol. The van der Waals surface area contributed by atoms with E-state index in [-0.39, 0.29) is 11.3 Å². The summed E-state index contributed by atoms with van der Waals surface area (Å²) in [7, 11) is 0. The summed E-state index contributed by atoms with van der Waals surface area (Å²) >= 11 is 1.98. The van der Waals surface area contributed by atoms with Crippen molar-refractivity contribution in [3.05, 3.63) is 32.4 Å². The minimum absolute atomic E-state index is 0.101. The second kappa shape index (κ2) is 4.21. The molecule has 0 N–H and O–H groups in total. The van der Waals surface area contributed by atoms with Crippen LogP contribution in [0.2, 0.25) is 0 Å². The van der Waals surface area contributed by atoms with E-state index in [9.17, 15) is 4.79 Å². The van der Waals surface area contributed by atoms with Crippen LogP contribution in [0.25, 0.3) is 0 Å². The van der Waals surface area contributed by atoms with Gasteiger partial charge >= 0.3 is 0 Å². The van der Waals surface area contributed by atoms with Gasteiger partial charge in [0, 0.05) is 9.13 Å². The minimum Gasteiger partial charge on any atom is -0.294 e. The second-order valence-corrected chi connectivity index (χ2v) is 3.82. The smallest absolute Gasteiger partial charge is 0.160 e. The van der Waals surface area contributed by atoms with Crippen LogP contribution >= 0.6 is 22.6 Å². The van der Waals surface area contributed by atoms with Crippen molar-refractivity contribution in [2.24, 2.45) is 0 Å². The summed E-state index contributed by atoms with van der Waals surface area (Å²) in [6.45, 7) is 1.44. The summed E-state index contributed by atoms with van der Waals surface area (Å²) < 4.78 is 0.700. The first kappa shape index (κ1) is 10.7. The van der Waals surface area contributed by atoms with Gasteiger partial charge in [0.25, 0.3) is 0 Å². The maximum atomic E-state index is 11.1. The molecule has 0 amide bonds. The van der Waals surface area contributed by atoms with Crippen molar-refractivity contribution in [3.63, 3.8) is 0 Å². The van der Waals surface area contributed by atoms with E-state index in [2.05, 4.69) is 0 Å². The zero-order chi connectivity index (χ0) is 10.7. The van der Waals surface area contributed by atoms with Gasteiger partial charge in [0.15, 0.2) is 5.78 Å². The quantitative estimate of drug-likeness (QED) is 0.589. The van der Waals surface area contributed by atoms with Crippen LogP contribution in [0, 0.1) is 26.2 Å². The number of benzene rings is 1. The Bertz CT molecular complexity index is 480. The van der Waals surface area contributed by atoms with Crippen molar-refractivity contribution in [1.29, 1.82) is 10.5 Å². The summed E-state index contributed by atoms with van der Waals surface area (Å²) in [5.74, 6) is -0.101. The SMILES string of the molecule is CC(=O)c1cc(C#N)c(C#N)cc1I. The summed E-state index contributed by atoms with van der Waals surface area (Å²) in [6.07, 6.45) is 0. The average Bonchev–Trinajstić information content (AvgIpc) is 2.16. The van der Waals surface area contributed by atoms with Crippen LogP contribution in [0.15, 0.2) is 12.1 Å². The van der Waals surface area contributed by atoms with E-state index in [4.69, 9.17) is 10.5 Å². The first-order valence-electron chi connectivity index (χ1n) is 3.75. The first-order valence-corrected chi connectivity index (χ1v) is 4.82. The summed E-state index contributed by atoms with van der Waals surface area (Å²) in [6, 6.07) is 6.82. The summed E-state index contributed by atoms with van der Waals surface area (Å²) in [5, 5.41) is 17.4. The van der Waals surface area contributed by atoms with Crippen molar-refractivity contribution in [2.45, 2.75) is 6.92 Å². The fraction of sp³-hybridized carbons (Fsp3) is 0.100. The minimum atomic E-state index is -0.101. The van der Waals surface area contributed by atoms with E-state index < -0.39 is 0 Å². The zero-order valence-electron chi connectivity index (χ0n) is 7.34. The van der Waals surface area contributed by atoms with E-state index in [1.807, 2.05) is 34.7 Å². The molecule has 0 spiro atoms. The molecule has 1 aromatic carbocycles. The molecule has 1 rings (SSSR count). The number of hydrogen-bond acceptors (Lipinski definition) is 3. The highest BCUT2D eigenvalue weighted by Gasteiger charge is 2.10. The van der Waals surface area contributed by atoms with Crippen molar-refractivity contribution in [2.75, 3.05) is 0 Å². The van der Waals surface area contributed by atoms with Gasteiger partial charge in [-0.2, -0.15) is 10.5 Å². The van der Waals surface area contributed by atoms with Gasteiger partial charge in [-0.3, -0.25) is 4.79 Å². The van der Waals surface area contributed by atoms with Gasteiger partial charge in [-0.05, 0) is 41.6 Å². The highest BCUT2D eigenvalue weighted by molar-refractivity contribution is 14.1. The molecule has 0 aromatic heterocycles. The lowest BCUT2D eigenvalue weighted by Crippen LogP contribution is -1.98. The number of ketones is 1. The lowest BCUT2D eigenvalue weighted by Gasteiger charge is -2.01. The van der Waals surface area contributed by atoms with E-state index in [1.165, 1.54) is 13.0 Å². The highest BCUT2D eigenvalue weighted by Crippen LogP contribution is 2.18. The molecule has 0 unspecified atom stereocenters. The van der Waals surface area contributed by atoms with E-state index >= 15 is 0 Å². The molecule has 0 saturated heterocycles. The topological polar surface area (TPSA) is 64.7 Å². The highest BCUT2D eigenvalue weighted by atomic mass is 127. The predicted molar refractivity (Wildman–Crippen MR) is 58.6 cm³/mol. The van der Waals surface area contributed by atoms with Crippen LogP contribution in [0.5, 0.6) is 0 Å². The van der Waals surface area contributed by atoms with Gasteiger partial charge in [-0.25, -0.2) is 0 Å². The molecule has 14 heavy (non-hydrogen) atoms. The molecule has 1 aromatic rings. The van der Waals surface area contributed by atoms with Crippen molar-refractivity contribution >= 4 is 28.4 Å². The van der Waals surface area contributed by atoms with Gasteiger partial charge in [0.1, 0.15) is 12.1 Å². The molecule has 0 aliphatic heterocycles. The van der Waals surface area contributed by atoms with Gasteiger partial charge in [0.2, 0.25) is 0 Å². The zero-order valence-corrected chi connectivity index (χ0v) is 9.49. The molecule has 3 nitrogen and oxygen atoms in total. The molecule has 0 saturated carbocycles. The summed E-state index contributed by atoms with van der Waals surface area (Å²) in [4.78, 5) is 11.1. The lowest BCUT2D eigenvalue weighted by atomic mass is 10.0. The Balaban J connectivity index is 3.50. The molecule has 0 fully saturated rings. The van der Waals surface area contributed by atoms with Crippen LogP contribution in [0.1, 0.15) is 28.4 Å². The Morgan fingerprint density at radius 1 is 1.29 bits per heavy atom. The maximum absolute atomic E-state index is 11.1. The van der Waals surface area contributed by atoms with Crippen molar-refractivity contribution < 1.29 is 4.79 Å². The molecule has 0 aliphatic carbocycles. The number of nitriles is 2. The molecule has 4 heteroatoms. The Kier molecular flexibility index (Phi) is 3.21. The number of rotatable bonds is 1. The summed E-state index contributed by atoms with van der Waals surface area (Å²) in [5.41, 5.74) is 1.04. The number of halogens is 1. The molecule has 0 heterocycles. The number of nitrogens with zero attached hydrogens (tertiary/aromatic N) is 2. The molecular formula is C10H5IN2O. The molecule has 68 valence electrons. The van der Waals surface area contributed by atoms with Crippen LogP contribution in [-0.4, -0.2) is 5.78 Å². The molecule has 0 atom stereocenters. The second-order valence-electron chi connectivity index (χ2n) is 2.66. The monoisotopic (exact) mass is 296 g/mol. The van der Waals surface area contributed by atoms with Gasteiger partial charge in [-0.15, -0.1) is 0 Å². The number of carbonyl (C=O) groups is 1. The van der Waals surface area contributed by atoms with Crippen LogP contribution < -0.4 is 0 Å². The maximum Gasteiger partial charge on any atom is 0.160 e. The van der Waals surface area contributed by atoms with E-state index in [0.29, 0.717) is 14.7 Å². The predicted octanol–water partition coefficient (Wildman–Crippen LogP) is 2.24. The Morgan fingerprint density at radius 2 is 1.79 bits per heavy atom. The number of hydrogen-bond donors (Lipinski definition) is 0. The van der Waals surface area contributed by atoms with Gasteiger partial charge in [0.05, 0.1) is 11.1 Å². The van der Waals surface area contributed by atoms with Crippen LogP contribution in [0.3, 0.4) is 0 Å². The largest absolute Gasteiger partial charge is 0.294 e. The third-order valence-electron chi connectivity index (χ3n) is 1.73.